The van der Waals surface area contributed by atoms with Gasteiger partial charge in [0.2, 0.25) is 0 Å². The van der Waals surface area contributed by atoms with E-state index in [-0.39, 0.29) is 6.01 Å². The number of amides is 2. The molecule has 2 aromatic heterocycles. The molecule has 0 saturated heterocycles. The van der Waals surface area contributed by atoms with Gasteiger partial charge in [-0.25, -0.2) is 9.78 Å². The lowest BCUT2D eigenvalue weighted by atomic mass is 10.2. The van der Waals surface area contributed by atoms with E-state index in [1.807, 2.05) is 13.8 Å². The first-order valence-electron chi connectivity index (χ1n) is 7.58. The molecule has 0 saturated carbocycles. The molecule has 2 heterocycles. The highest BCUT2D eigenvalue weighted by molar-refractivity contribution is 7.15. The van der Waals surface area contributed by atoms with E-state index in [1.54, 1.807) is 25.3 Å². The molecule has 0 aliphatic carbocycles. The van der Waals surface area contributed by atoms with Gasteiger partial charge in [-0.15, -0.1) is 16.4 Å². The number of methoxy groups -OCH3 is 2. The van der Waals surface area contributed by atoms with Crippen LogP contribution in [0.3, 0.4) is 0 Å². The van der Waals surface area contributed by atoms with Gasteiger partial charge in [0.05, 0.1) is 30.6 Å². The van der Waals surface area contributed by atoms with Crippen LogP contribution in [0.1, 0.15) is 10.7 Å². The molecule has 2 N–H and O–H groups in total. The minimum Gasteiger partial charge on any atom is -0.497 e. The normalized spacial score (nSPS) is 10.5. The maximum atomic E-state index is 12.2. The van der Waals surface area contributed by atoms with Crippen molar-refractivity contribution in [2.24, 2.45) is 0 Å². The standard InChI is InChI=1S/C16H17N5O4S/c1-8-13(26-9(2)17-8)14-20-21-16(25-14)19-15(22)18-11-6-5-10(23-3)7-12(11)24-4/h5-7H,1-4H3,(H2,18,19,21,22). The van der Waals surface area contributed by atoms with Crippen LogP contribution < -0.4 is 20.1 Å². The molecule has 0 bridgehead atoms. The highest BCUT2D eigenvalue weighted by Crippen LogP contribution is 2.30. The van der Waals surface area contributed by atoms with E-state index in [0.717, 1.165) is 15.6 Å². The largest absolute Gasteiger partial charge is 0.497 e. The fourth-order valence-corrected chi connectivity index (χ4v) is 3.09. The van der Waals surface area contributed by atoms with Crippen molar-refractivity contribution in [3.8, 4) is 22.3 Å². The summed E-state index contributed by atoms with van der Waals surface area (Å²) in [5.41, 5.74) is 1.27. The number of thiazole rings is 1. The maximum absolute atomic E-state index is 12.2. The molecule has 136 valence electrons. The van der Waals surface area contributed by atoms with Crippen molar-refractivity contribution in [3.05, 3.63) is 28.9 Å². The van der Waals surface area contributed by atoms with Crippen molar-refractivity contribution < 1.29 is 18.7 Å². The maximum Gasteiger partial charge on any atom is 0.327 e. The first-order chi connectivity index (χ1) is 12.5. The third kappa shape index (κ3) is 3.75. The highest BCUT2D eigenvalue weighted by Gasteiger charge is 2.17. The third-order valence-electron chi connectivity index (χ3n) is 3.40. The average molecular weight is 375 g/mol. The van der Waals surface area contributed by atoms with Gasteiger partial charge in [0.25, 0.3) is 5.89 Å². The highest BCUT2D eigenvalue weighted by atomic mass is 32.1. The van der Waals surface area contributed by atoms with Gasteiger partial charge in [-0.1, -0.05) is 5.10 Å². The summed E-state index contributed by atoms with van der Waals surface area (Å²) in [6, 6.07) is 4.48. The second-order valence-corrected chi connectivity index (χ2v) is 6.41. The van der Waals surface area contributed by atoms with Crippen LogP contribution in [-0.2, 0) is 0 Å². The Morgan fingerprint density at radius 3 is 2.62 bits per heavy atom. The van der Waals surface area contributed by atoms with Crippen LogP contribution in [-0.4, -0.2) is 35.4 Å². The summed E-state index contributed by atoms with van der Waals surface area (Å²) in [6.45, 7) is 3.76. The molecule has 0 atom stereocenters. The second-order valence-electron chi connectivity index (χ2n) is 5.21. The van der Waals surface area contributed by atoms with E-state index in [1.165, 1.54) is 18.4 Å². The van der Waals surface area contributed by atoms with Crippen molar-refractivity contribution in [1.29, 1.82) is 0 Å². The molecular weight excluding hydrogens is 358 g/mol. The Labute approximate surface area is 153 Å². The first-order valence-corrected chi connectivity index (χ1v) is 8.39. The molecule has 0 aliphatic heterocycles. The van der Waals surface area contributed by atoms with Crippen LogP contribution in [0.2, 0.25) is 0 Å². The number of ether oxygens (including phenoxy) is 2. The van der Waals surface area contributed by atoms with Crippen LogP contribution in [0, 0.1) is 13.8 Å². The number of nitrogens with one attached hydrogen (secondary N) is 2. The Morgan fingerprint density at radius 1 is 1.15 bits per heavy atom. The molecule has 0 aliphatic rings. The SMILES string of the molecule is COc1ccc(NC(=O)Nc2nnc(-c3sc(C)nc3C)o2)c(OC)c1. The predicted octanol–water partition coefficient (Wildman–Crippen LogP) is 3.47. The predicted molar refractivity (Wildman–Crippen MR) is 97.1 cm³/mol. The Balaban J connectivity index is 1.70. The number of aryl methyl sites for hydroxylation is 2. The van der Waals surface area contributed by atoms with Gasteiger partial charge in [0.15, 0.2) is 0 Å². The lowest BCUT2D eigenvalue weighted by Crippen LogP contribution is -2.20. The quantitative estimate of drug-likeness (QED) is 0.702. The molecule has 0 fully saturated rings. The van der Waals surface area contributed by atoms with Crippen LogP contribution in [0.5, 0.6) is 11.5 Å². The van der Waals surface area contributed by atoms with Crippen LogP contribution in [0.15, 0.2) is 22.6 Å². The summed E-state index contributed by atoms with van der Waals surface area (Å²) in [7, 11) is 3.05. The van der Waals surface area contributed by atoms with Gasteiger partial charge in [-0.3, -0.25) is 5.32 Å². The molecule has 26 heavy (non-hydrogen) atoms. The number of hydrogen-bond donors (Lipinski definition) is 2. The van der Waals surface area contributed by atoms with Crippen LogP contribution in [0.4, 0.5) is 16.5 Å². The van der Waals surface area contributed by atoms with Crippen molar-refractivity contribution in [3.63, 3.8) is 0 Å². The fraction of sp³-hybridized carbons (Fsp3) is 0.250. The Bertz CT molecular complexity index is 937. The number of aromatic nitrogens is 3. The van der Waals surface area contributed by atoms with Crippen molar-refractivity contribution >= 4 is 29.1 Å². The molecule has 3 rings (SSSR count). The van der Waals surface area contributed by atoms with Gasteiger partial charge in [0, 0.05) is 6.07 Å². The summed E-state index contributed by atoms with van der Waals surface area (Å²) < 4.78 is 15.8. The number of carbonyl (C=O) groups excluding carboxylic acids is 1. The second kappa shape index (κ2) is 7.40. The molecular formula is C16H17N5O4S. The molecule has 0 unspecified atom stereocenters. The number of rotatable bonds is 5. The number of urea groups is 1. The van der Waals surface area contributed by atoms with Crippen LogP contribution >= 0.6 is 11.3 Å². The topological polar surface area (TPSA) is 111 Å². The Kier molecular flexibility index (Phi) is 5.03. The molecule has 0 spiro atoms. The van der Waals surface area contributed by atoms with E-state index in [2.05, 4.69) is 25.8 Å². The van der Waals surface area contributed by atoms with Crippen molar-refractivity contribution in [1.82, 2.24) is 15.2 Å². The van der Waals surface area contributed by atoms with E-state index < -0.39 is 6.03 Å². The average Bonchev–Trinajstić information content (AvgIpc) is 3.20. The van der Waals surface area contributed by atoms with E-state index >= 15 is 0 Å². The minimum atomic E-state index is -0.541. The van der Waals surface area contributed by atoms with E-state index in [9.17, 15) is 4.79 Å². The summed E-state index contributed by atoms with van der Waals surface area (Å²) >= 11 is 1.45. The lowest BCUT2D eigenvalue weighted by Gasteiger charge is -2.11. The zero-order valence-electron chi connectivity index (χ0n) is 14.6. The summed E-state index contributed by atoms with van der Waals surface area (Å²) in [6.07, 6.45) is 0. The monoisotopic (exact) mass is 375 g/mol. The van der Waals surface area contributed by atoms with Gasteiger partial charge in [0.1, 0.15) is 16.4 Å². The van der Waals surface area contributed by atoms with Gasteiger partial charge < -0.3 is 19.2 Å². The van der Waals surface area contributed by atoms with Gasteiger partial charge >= 0.3 is 12.0 Å². The van der Waals surface area contributed by atoms with Gasteiger partial charge in [-0.05, 0) is 26.0 Å². The first kappa shape index (κ1) is 17.7. The number of hydrogen-bond acceptors (Lipinski definition) is 8. The molecule has 3 aromatic rings. The van der Waals surface area contributed by atoms with Crippen molar-refractivity contribution in [2.75, 3.05) is 24.9 Å². The number of benzene rings is 1. The van der Waals surface area contributed by atoms with E-state index in [0.29, 0.717) is 23.1 Å². The summed E-state index contributed by atoms with van der Waals surface area (Å²) in [4.78, 5) is 17.3. The van der Waals surface area contributed by atoms with E-state index in [4.69, 9.17) is 13.9 Å². The summed E-state index contributed by atoms with van der Waals surface area (Å²) in [5.74, 6) is 1.39. The van der Waals surface area contributed by atoms with Crippen LogP contribution in [0.25, 0.3) is 10.8 Å². The summed E-state index contributed by atoms with van der Waals surface area (Å²) in [5, 5.41) is 13.8. The molecule has 1 aromatic carbocycles. The Hall–Kier alpha value is -3.14. The molecule has 9 nitrogen and oxygen atoms in total. The Morgan fingerprint density at radius 2 is 1.96 bits per heavy atom. The third-order valence-corrected chi connectivity index (χ3v) is 4.46. The smallest absolute Gasteiger partial charge is 0.327 e. The molecule has 10 heteroatoms. The zero-order valence-corrected chi connectivity index (χ0v) is 15.4. The zero-order chi connectivity index (χ0) is 18.7. The molecule has 2 amide bonds. The van der Waals surface area contributed by atoms with Gasteiger partial charge in [-0.2, -0.15) is 0 Å². The number of nitrogens with zero attached hydrogens (tertiary/aromatic N) is 3. The lowest BCUT2D eigenvalue weighted by molar-refractivity contribution is 0.261. The van der Waals surface area contributed by atoms with Crippen molar-refractivity contribution in [2.45, 2.75) is 13.8 Å². The number of anilines is 2. The minimum absolute atomic E-state index is 0.0181. The molecule has 0 radical (unpaired) electrons. The number of carbonyl (C=O) groups is 1. The fourth-order valence-electron chi connectivity index (χ4n) is 2.25.